The molecule has 0 unspecified atom stereocenters. The van der Waals surface area contributed by atoms with Crippen LogP contribution in [0, 0.1) is 0 Å². The molecule has 1 saturated heterocycles. The number of carbonyl (C=O) groups is 2. The average Bonchev–Trinajstić information content (AvgIpc) is 2.85. The zero-order valence-corrected chi connectivity index (χ0v) is 20.7. The summed E-state index contributed by atoms with van der Waals surface area (Å²) < 4.78 is 20.9. The summed E-state index contributed by atoms with van der Waals surface area (Å²) in [5.41, 5.74) is 6.20. The first-order valence-corrected chi connectivity index (χ1v) is 12.2. The smallest absolute Gasteiger partial charge is 0.328 e. The number of likely N-dealkylation sites (tertiary alicyclic amines) is 1. The van der Waals surface area contributed by atoms with Crippen molar-refractivity contribution in [2.75, 3.05) is 32.2 Å². The molecule has 0 radical (unpaired) electrons. The number of amides is 2. The van der Waals surface area contributed by atoms with Crippen molar-refractivity contribution >= 4 is 23.6 Å². The first-order valence-electron chi connectivity index (χ1n) is 12.2. The van der Waals surface area contributed by atoms with Gasteiger partial charge < -0.3 is 20.7 Å². The lowest BCUT2D eigenvalue weighted by atomic mass is 9.90. The molecule has 1 aliphatic rings. The van der Waals surface area contributed by atoms with E-state index in [0.717, 1.165) is 12.0 Å². The average molecular weight is 487 g/mol. The number of hydrogen-bond acceptors (Lipinski definition) is 6. The lowest BCUT2D eigenvalue weighted by molar-refractivity contribution is 0.0419. The Hall–Kier alpha value is -3.27. The Balaban J connectivity index is 1.81. The van der Waals surface area contributed by atoms with Crippen molar-refractivity contribution in [3.63, 3.8) is 0 Å². The number of hydrogen-bond donors (Lipinski definition) is 2. The number of ether oxygens (including phenoxy) is 1. The van der Waals surface area contributed by atoms with Gasteiger partial charge in [-0.25, -0.2) is 19.2 Å². The summed E-state index contributed by atoms with van der Waals surface area (Å²) in [4.78, 5) is 36.0. The van der Waals surface area contributed by atoms with E-state index in [9.17, 15) is 14.0 Å². The van der Waals surface area contributed by atoms with Crippen LogP contribution in [0.2, 0.25) is 0 Å². The normalized spacial score (nSPS) is 15.8. The van der Waals surface area contributed by atoms with Gasteiger partial charge in [0, 0.05) is 38.2 Å². The number of carbonyl (C=O) groups excluding carboxylic acids is 2. The van der Waals surface area contributed by atoms with Crippen LogP contribution in [-0.2, 0) is 11.2 Å². The molecule has 0 aromatic carbocycles. The van der Waals surface area contributed by atoms with E-state index in [1.54, 1.807) is 17.0 Å². The second-order valence-corrected chi connectivity index (χ2v) is 8.66. The molecule has 35 heavy (non-hydrogen) atoms. The molecule has 3 heterocycles. The van der Waals surface area contributed by atoms with Crippen LogP contribution in [0.5, 0.6) is 0 Å². The topological polar surface area (TPSA) is 115 Å². The zero-order chi connectivity index (χ0) is 25.4. The predicted molar refractivity (Wildman–Crippen MR) is 132 cm³/mol. The van der Waals surface area contributed by atoms with E-state index in [1.807, 2.05) is 26.8 Å². The van der Waals surface area contributed by atoms with E-state index in [2.05, 4.69) is 15.3 Å². The molecule has 3 rings (SSSR count). The van der Waals surface area contributed by atoms with Crippen LogP contribution < -0.4 is 16.4 Å². The van der Waals surface area contributed by atoms with Crippen molar-refractivity contribution in [2.45, 2.75) is 58.5 Å². The van der Waals surface area contributed by atoms with Crippen molar-refractivity contribution in [2.24, 2.45) is 4.99 Å². The zero-order valence-electron chi connectivity index (χ0n) is 20.7. The molecule has 9 nitrogen and oxygen atoms in total. The number of nitrogens with one attached hydrogen (secondary N) is 1. The molecule has 190 valence electrons. The summed E-state index contributed by atoms with van der Waals surface area (Å²) >= 11 is 0. The van der Waals surface area contributed by atoms with Crippen LogP contribution in [0.1, 0.15) is 62.4 Å². The predicted octanol–water partition coefficient (Wildman–Crippen LogP) is 3.56. The van der Waals surface area contributed by atoms with Crippen molar-refractivity contribution < 1.29 is 18.7 Å². The Morgan fingerprint density at radius 2 is 2.00 bits per heavy atom. The summed E-state index contributed by atoms with van der Waals surface area (Å²) in [5.74, 6) is 0.571. The molecule has 0 aliphatic carbocycles. The third kappa shape index (κ3) is 6.66. The van der Waals surface area contributed by atoms with Gasteiger partial charge in [0.25, 0.3) is 5.91 Å². The first kappa shape index (κ1) is 26.3. The standard InChI is InChI=1S/C25H35FN6O3/c1-4-7-18-14-19(23(33)31-12-9-25(26,5-2)10-13-31)16-28-22(18)30-20-8-11-32(21(27)15-20)24(34)29-17-35-6-3/h8,11,14-16H,4-7,9-10,12-13,17,27H2,1-3H3,(H,29,34). The highest BCUT2D eigenvalue weighted by Gasteiger charge is 2.34. The fraction of sp³-hybridized carbons (Fsp3) is 0.520. The minimum atomic E-state index is -1.18. The number of aryl methyl sites for hydroxylation is 1. The first-order chi connectivity index (χ1) is 16.8. The molecule has 10 heteroatoms. The Morgan fingerprint density at radius 1 is 1.26 bits per heavy atom. The minimum Gasteiger partial charge on any atom is -0.385 e. The number of nitrogens with two attached hydrogens (primary N) is 1. The number of nitrogen functional groups attached to an aromatic ring is 1. The van der Waals surface area contributed by atoms with Crippen molar-refractivity contribution in [1.82, 2.24) is 19.8 Å². The Bertz CT molecular complexity index is 1110. The van der Waals surface area contributed by atoms with Gasteiger partial charge in [0.2, 0.25) is 0 Å². The second kappa shape index (κ2) is 11.9. The lowest BCUT2D eigenvalue weighted by Gasteiger charge is -2.35. The number of alkyl halides is 1. The van der Waals surface area contributed by atoms with Gasteiger partial charge >= 0.3 is 6.03 Å². The SMILES string of the molecule is CCCc1cc(C(=O)N2CCC(F)(CC)CC2)cnc1N=c1ccn(C(=O)NCOCC)c(N)c1. The molecule has 0 spiro atoms. The van der Waals surface area contributed by atoms with Gasteiger partial charge in [0.05, 0.1) is 10.9 Å². The third-order valence-electron chi connectivity index (χ3n) is 6.24. The van der Waals surface area contributed by atoms with Gasteiger partial charge in [-0.1, -0.05) is 20.3 Å². The molecular weight excluding hydrogens is 451 g/mol. The van der Waals surface area contributed by atoms with Crippen molar-refractivity contribution in [3.05, 3.63) is 47.1 Å². The lowest BCUT2D eigenvalue weighted by Crippen LogP contribution is -2.44. The van der Waals surface area contributed by atoms with Crippen LogP contribution in [0.15, 0.2) is 35.6 Å². The third-order valence-corrected chi connectivity index (χ3v) is 6.24. The van der Waals surface area contributed by atoms with Crippen molar-refractivity contribution in [1.29, 1.82) is 0 Å². The van der Waals surface area contributed by atoms with Gasteiger partial charge in [-0.05, 0) is 50.3 Å². The number of piperidine rings is 1. The number of aromatic nitrogens is 2. The maximum absolute atomic E-state index is 14.5. The van der Waals surface area contributed by atoms with Crippen LogP contribution >= 0.6 is 0 Å². The number of rotatable bonds is 8. The van der Waals surface area contributed by atoms with Gasteiger partial charge in [-0.15, -0.1) is 0 Å². The maximum atomic E-state index is 14.5. The molecule has 1 aliphatic heterocycles. The highest BCUT2D eigenvalue weighted by atomic mass is 19.1. The van der Waals surface area contributed by atoms with Crippen LogP contribution in [-0.4, -0.2) is 58.5 Å². The number of halogens is 1. The highest BCUT2D eigenvalue weighted by molar-refractivity contribution is 5.94. The summed E-state index contributed by atoms with van der Waals surface area (Å²) in [5, 5.41) is 3.15. The van der Waals surface area contributed by atoms with E-state index < -0.39 is 11.7 Å². The molecule has 0 atom stereocenters. The van der Waals surface area contributed by atoms with Gasteiger partial charge in [-0.2, -0.15) is 0 Å². The van der Waals surface area contributed by atoms with Crippen LogP contribution in [0.4, 0.5) is 20.8 Å². The second-order valence-electron chi connectivity index (χ2n) is 8.66. The highest BCUT2D eigenvalue weighted by Crippen LogP contribution is 2.30. The summed E-state index contributed by atoms with van der Waals surface area (Å²) in [6.07, 6.45) is 5.78. The molecule has 2 amide bonds. The summed E-state index contributed by atoms with van der Waals surface area (Å²) in [6, 6.07) is 4.67. The van der Waals surface area contributed by atoms with E-state index in [4.69, 9.17) is 10.5 Å². The van der Waals surface area contributed by atoms with E-state index in [1.165, 1.54) is 17.0 Å². The largest absolute Gasteiger partial charge is 0.385 e. The molecule has 0 saturated carbocycles. The van der Waals surface area contributed by atoms with Gasteiger partial charge in [0.1, 0.15) is 18.2 Å². The Labute approximate surface area is 205 Å². The van der Waals surface area contributed by atoms with Crippen LogP contribution in [0.3, 0.4) is 0 Å². The maximum Gasteiger partial charge on any atom is 0.328 e. The molecule has 3 N–H and O–H groups in total. The molecule has 0 bridgehead atoms. The van der Waals surface area contributed by atoms with E-state index >= 15 is 0 Å². The number of pyridine rings is 2. The van der Waals surface area contributed by atoms with E-state index in [0.29, 0.717) is 62.1 Å². The molecule has 2 aromatic rings. The van der Waals surface area contributed by atoms with Gasteiger partial charge in [-0.3, -0.25) is 9.36 Å². The molecule has 1 fully saturated rings. The molecular formula is C25H35FN6O3. The van der Waals surface area contributed by atoms with Gasteiger partial charge in [0.15, 0.2) is 5.82 Å². The molecule has 2 aromatic heterocycles. The quantitative estimate of drug-likeness (QED) is 0.437. The fourth-order valence-corrected chi connectivity index (χ4v) is 4.00. The minimum absolute atomic E-state index is 0.0912. The van der Waals surface area contributed by atoms with Crippen LogP contribution in [0.25, 0.3) is 0 Å². The summed E-state index contributed by atoms with van der Waals surface area (Å²) in [7, 11) is 0. The van der Waals surface area contributed by atoms with E-state index in [-0.39, 0.29) is 18.5 Å². The monoisotopic (exact) mass is 486 g/mol. The fourth-order valence-electron chi connectivity index (χ4n) is 4.00. The Kier molecular flexibility index (Phi) is 8.97. The summed E-state index contributed by atoms with van der Waals surface area (Å²) in [6.45, 7) is 7.11. The Morgan fingerprint density at radius 3 is 2.63 bits per heavy atom. The number of anilines is 1. The number of nitrogens with zero attached hydrogens (tertiary/aromatic N) is 4. The van der Waals surface area contributed by atoms with Crippen molar-refractivity contribution in [3.8, 4) is 0 Å².